The molecule has 5 N–H and O–H groups in total. The number of phenols is 1. The first-order chi connectivity index (χ1) is 28.3. The summed E-state index contributed by atoms with van der Waals surface area (Å²) in [4.78, 5) is 55.3. The summed E-state index contributed by atoms with van der Waals surface area (Å²) >= 11 is 17.7. The Labute approximate surface area is 354 Å². The maximum atomic E-state index is 13.5. The zero-order valence-electron chi connectivity index (χ0n) is 31.8. The predicted octanol–water partition coefficient (Wildman–Crippen LogP) is 8.04. The van der Waals surface area contributed by atoms with Crippen LogP contribution in [0, 0.1) is 0 Å². The van der Waals surface area contributed by atoms with Crippen molar-refractivity contribution in [3.05, 3.63) is 134 Å². The molecule has 0 spiro atoms. The molecule has 1 saturated heterocycles. The van der Waals surface area contributed by atoms with Crippen LogP contribution in [0.1, 0.15) is 40.4 Å². The molecule has 59 heavy (non-hydrogen) atoms. The summed E-state index contributed by atoms with van der Waals surface area (Å²) in [7, 11) is 1.80. The highest BCUT2D eigenvalue weighted by Gasteiger charge is 2.27. The fourth-order valence-corrected chi connectivity index (χ4v) is 7.79. The summed E-state index contributed by atoms with van der Waals surface area (Å²) in [6, 6.07) is 25.8. The van der Waals surface area contributed by atoms with Gasteiger partial charge in [0.1, 0.15) is 17.1 Å². The number of halogens is 2. The lowest BCUT2D eigenvalue weighted by Crippen LogP contribution is -2.39. The van der Waals surface area contributed by atoms with Crippen LogP contribution in [0.2, 0.25) is 10.0 Å². The number of rotatable bonds is 12. The molecule has 4 aromatic carbocycles. The Hall–Kier alpha value is -5.99. The molecule has 0 saturated carbocycles. The first-order valence-electron chi connectivity index (χ1n) is 18.8. The molecule has 7 rings (SSSR count). The summed E-state index contributed by atoms with van der Waals surface area (Å²) in [6.45, 7) is 2.42. The number of amides is 2. The first-order valence-corrected chi connectivity index (χ1v) is 19.9. The van der Waals surface area contributed by atoms with Crippen LogP contribution >= 0.6 is 35.4 Å². The molecule has 15 heteroatoms. The lowest BCUT2D eigenvalue weighted by molar-refractivity contribution is -0.131. The number of nitrogens with zero attached hydrogens (tertiary/aromatic N) is 2. The van der Waals surface area contributed by atoms with E-state index in [2.05, 4.69) is 20.9 Å². The van der Waals surface area contributed by atoms with Crippen molar-refractivity contribution in [3.8, 4) is 28.2 Å². The number of likely N-dealkylation sites (N-methyl/N-ethyl adjacent to an activating group) is 1. The monoisotopic (exact) mass is 851 g/mol. The van der Waals surface area contributed by atoms with Crippen molar-refractivity contribution >= 4 is 80.7 Å². The van der Waals surface area contributed by atoms with Crippen LogP contribution in [0.15, 0.2) is 106 Å². The largest absolute Gasteiger partial charge is 0.508 e. The molecule has 2 aliphatic heterocycles. The quantitative estimate of drug-likeness (QED) is 0.0598. The average Bonchev–Trinajstić information content (AvgIpc) is 3.73. The lowest BCUT2D eigenvalue weighted by atomic mass is 9.90. The van der Waals surface area contributed by atoms with Crippen LogP contribution in [-0.4, -0.2) is 76.1 Å². The van der Waals surface area contributed by atoms with Crippen molar-refractivity contribution in [2.24, 2.45) is 0 Å². The smallest absolute Gasteiger partial charge is 0.336 e. The summed E-state index contributed by atoms with van der Waals surface area (Å²) in [5.74, 6) is -1.46. The summed E-state index contributed by atoms with van der Waals surface area (Å²) in [5, 5.41) is 30.5. The highest BCUT2D eigenvalue weighted by atomic mass is 35.5. The number of aromatic hydroxyl groups is 1. The molecule has 4 aromatic rings. The van der Waals surface area contributed by atoms with E-state index in [1.54, 1.807) is 66.5 Å². The van der Waals surface area contributed by atoms with E-state index in [9.17, 15) is 29.4 Å². The van der Waals surface area contributed by atoms with Gasteiger partial charge in [0.15, 0.2) is 10.5 Å². The molecule has 2 heterocycles. The minimum absolute atomic E-state index is 0.0524. The molecule has 0 aromatic heterocycles. The second kappa shape index (κ2) is 17.9. The summed E-state index contributed by atoms with van der Waals surface area (Å²) < 4.78 is 5.91. The Morgan fingerprint density at radius 2 is 1.59 bits per heavy atom. The number of carbonyl (C=O) groups excluding carboxylic acids is 2. The van der Waals surface area contributed by atoms with E-state index in [1.165, 1.54) is 30.3 Å². The summed E-state index contributed by atoms with van der Waals surface area (Å²) in [5.41, 5.74) is 3.92. The van der Waals surface area contributed by atoms with Gasteiger partial charge < -0.3 is 40.4 Å². The van der Waals surface area contributed by atoms with E-state index in [-0.39, 0.29) is 64.0 Å². The zero-order valence-corrected chi connectivity index (χ0v) is 34.1. The van der Waals surface area contributed by atoms with E-state index in [0.717, 1.165) is 37.1 Å². The number of hydrogen-bond donors (Lipinski definition) is 5. The van der Waals surface area contributed by atoms with Crippen LogP contribution < -0.4 is 21.4 Å². The van der Waals surface area contributed by atoms with Crippen molar-refractivity contribution < 1.29 is 29.0 Å². The number of benzene rings is 5. The number of nitrogens with one attached hydrogen (secondary N) is 3. The third-order valence-electron chi connectivity index (χ3n) is 10.3. The molecule has 1 fully saturated rings. The van der Waals surface area contributed by atoms with Gasteiger partial charge in [0.2, 0.25) is 11.8 Å². The average molecular weight is 853 g/mol. The highest BCUT2D eigenvalue weighted by Crippen LogP contribution is 2.42. The van der Waals surface area contributed by atoms with Crippen LogP contribution in [0.5, 0.6) is 5.75 Å². The van der Waals surface area contributed by atoms with Crippen molar-refractivity contribution in [1.29, 1.82) is 0 Å². The molecule has 302 valence electrons. The van der Waals surface area contributed by atoms with Crippen LogP contribution in [-0.2, 0) is 16.0 Å². The number of fused-ring (bicyclic) bond motifs is 2. The minimum Gasteiger partial charge on any atom is -0.508 e. The van der Waals surface area contributed by atoms with Gasteiger partial charge in [-0.05, 0) is 116 Å². The molecule has 1 atom stereocenters. The fraction of sp³-hybridized carbons (Fsp3) is 0.205. The maximum absolute atomic E-state index is 13.5. The molecular formula is C44H39Cl2N5O7S. The molecule has 3 aliphatic rings. The van der Waals surface area contributed by atoms with E-state index in [1.807, 2.05) is 12.1 Å². The Morgan fingerprint density at radius 1 is 0.864 bits per heavy atom. The Balaban J connectivity index is 1.000. The van der Waals surface area contributed by atoms with Gasteiger partial charge in [-0.15, -0.1) is 0 Å². The van der Waals surface area contributed by atoms with Gasteiger partial charge >= 0.3 is 5.97 Å². The van der Waals surface area contributed by atoms with Gasteiger partial charge in [0.25, 0.3) is 0 Å². The van der Waals surface area contributed by atoms with Gasteiger partial charge in [-0.25, -0.2) is 4.79 Å². The van der Waals surface area contributed by atoms with Crippen LogP contribution in [0.4, 0.5) is 11.4 Å². The van der Waals surface area contributed by atoms with Crippen LogP contribution in [0.25, 0.3) is 33.4 Å². The molecular weight excluding hydrogens is 813 g/mol. The van der Waals surface area contributed by atoms with E-state index in [4.69, 9.17) is 39.8 Å². The van der Waals surface area contributed by atoms with Crippen molar-refractivity contribution in [3.63, 3.8) is 0 Å². The number of carbonyl (C=O) groups is 3. The third kappa shape index (κ3) is 9.67. The fourth-order valence-electron chi connectivity index (χ4n) is 7.28. The normalized spacial score (nSPS) is 13.3. The second-order valence-electron chi connectivity index (χ2n) is 14.3. The van der Waals surface area contributed by atoms with Crippen molar-refractivity contribution in [2.45, 2.75) is 25.3 Å². The van der Waals surface area contributed by atoms with Crippen molar-refractivity contribution in [2.75, 3.05) is 43.9 Å². The van der Waals surface area contributed by atoms with Gasteiger partial charge in [0, 0.05) is 53.6 Å². The van der Waals surface area contributed by atoms with E-state index >= 15 is 0 Å². The first kappa shape index (κ1) is 41.2. The maximum Gasteiger partial charge on any atom is 0.336 e. The molecule has 12 nitrogen and oxygen atoms in total. The predicted molar refractivity (Wildman–Crippen MR) is 234 cm³/mol. The number of hydrogen-bond acceptors (Lipinski definition) is 8. The van der Waals surface area contributed by atoms with E-state index < -0.39 is 5.97 Å². The number of aromatic carboxylic acids is 1. The SMILES string of the molecule is CN(C(=O)Cc1ccc(Cl)c(Cl)c1)[C@@H](CN1CCCC1)c1ccc(NC(=O)CNC(=S)Nc2ccc(-c3c4ccc(=O)cc-4oc4cc(O)ccc34)c(C(=O)O)c2)cc1. The van der Waals surface area contributed by atoms with Gasteiger partial charge in [-0.2, -0.15) is 0 Å². The Morgan fingerprint density at radius 3 is 2.32 bits per heavy atom. The number of likely N-dealkylation sites (tertiary alicyclic amines) is 1. The molecule has 0 unspecified atom stereocenters. The van der Waals surface area contributed by atoms with Gasteiger partial charge in [-0.3, -0.25) is 14.4 Å². The number of carboxylic acids is 1. The zero-order chi connectivity index (χ0) is 41.8. The lowest BCUT2D eigenvalue weighted by Gasteiger charge is -2.32. The topological polar surface area (TPSA) is 164 Å². The minimum atomic E-state index is -1.21. The number of anilines is 2. The Kier molecular flexibility index (Phi) is 12.5. The molecule has 2 amide bonds. The molecule has 0 radical (unpaired) electrons. The van der Waals surface area contributed by atoms with E-state index in [0.29, 0.717) is 50.0 Å². The molecule has 1 aliphatic carbocycles. The number of thiocarbonyl (C=S) groups is 1. The Bertz CT molecular complexity index is 2610. The summed E-state index contributed by atoms with van der Waals surface area (Å²) in [6.07, 6.45) is 2.40. The third-order valence-corrected chi connectivity index (χ3v) is 11.3. The van der Waals surface area contributed by atoms with Gasteiger partial charge in [-0.1, -0.05) is 47.5 Å². The second-order valence-corrected chi connectivity index (χ2v) is 15.5. The number of carboxylic acid groups (broad SMARTS) is 1. The van der Waals surface area contributed by atoms with Crippen LogP contribution in [0.3, 0.4) is 0 Å². The number of phenolic OH excluding ortho intramolecular Hbond substituents is 1. The van der Waals surface area contributed by atoms with Crippen molar-refractivity contribution in [1.82, 2.24) is 15.1 Å². The standard InChI is InChI=1S/C44H39Cl2N5O7S/c1-50(41(55)19-25-4-15-35(45)36(46)18-25)37(24-51-16-2-3-17-51)26-5-7-27(8-6-26)48-40(54)23-47-44(59)49-28-9-12-31(34(20-28)43(56)57)42-32-13-10-29(52)21-38(32)58-39-22-30(53)11-14-33(39)42/h4-15,18,20-22,37,52H,2-3,16-17,19,23-24H2,1H3,(H,48,54)(H,56,57)(H2,47,49,59)/t37-/m0/s1. The highest BCUT2D eigenvalue weighted by molar-refractivity contribution is 7.80. The molecule has 0 bridgehead atoms. The van der Waals surface area contributed by atoms with Gasteiger partial charge in [0.05, 0.1) is 34.6 Å².